The Bertz CT molecular complexity index is 790. The summed E-state index contributed by atoms with van der Waals surface area (Å²) in [6.07, 6.45) is 1.02. The molecule has 1 fully saturated rings. The third-order valence-electron chi connectivity index (χ3n) is 5.65. The molecule has 1 N–H and O–H groups in total. The number of carbonyl (C=O) groups is 1. The highest BCUT2D eigenvalue weighted by atomic mass is 19.1. The third kappa shape index (κ3) is 6.54. The van der Waals surface area contributed by atoms with Crippen LogP contribution in [-0.4, -0.2) is 61.5 Å². The van der Waals surface area contributed by atoms with Crippen molar-refractivity contribution in [1.29, 1.82) is 0 Å². The predicted octanol–water partition coefficient (Wildman–Crippen LogP) is 3.82. The molecule has 0 radical (unpaired) electrons. The molecule has 6 heteroatoms. The van der Waals surface area contributed by atoms with Gasteiger partial charge in [-0.05, 0) is 75.3 Å². The number of carbonyl (C=O) groups excluding carboxylic acids is 1. The summed E-state index contributed by atoms with van der Waals surface area (Å²) in [5.74, 6) is -0.174. The molecule has 3 rings (SSSR count). The zero-order chi connectivity index (χ0) is 21.3. The average molecular weight is 413 g/mol. The molecule has 30 heavy (non-hydrogen) atoms. The number of benzene rings is 2. The topological polar surface area (TPSA) is 38.8 Å². The van der Waals surface area contributed by atoms with Crippen LogP contribution in [0.15, 0.2) is 48.5 Å². The SMILES string of the molecule is CCN(CC)c1ccc(NC(=O)CN2CCCN(Cc3ccc(F)cc3)CC2)cc1. The molecule has 1 aliphatic heterocycles. The molecule has 0 saturated carbocycles. The molecule has 1 aliphatic rings. The molecule has 2 aromatic carbocycles. The zero-order valence-electron chi connectivity index (χ0n) is 18.1. The number of hydrogen-bond donors (Lipinski definition) is 1. The van der Waals surface area contributed by atoms with Gasteiger partial charge in [0.2, 0.25) is 5.91 Å². The van der Waals surface area contributed by atoms with E-state index in [2.05, 4.69) is 46.0 Å². The van der Waals surface area contributed by atoms with Crippen molar-refractivity contribution in [2.45, 2.75) is 26.8 Å². The van der Waals surface area contributed by atoms with E-state index in [0.717, 1.165) is 63.5 Å². The van der Waals surface area contributed by atoms with Crippen LogP contribution in [0.5, 0.6) is 0 Å². The Labute approximate surface area is 179 Å². The van der Waals surface area contributed by atoms with Crippen molar-refractivity contribution in [2.24, 2.45) is 0 Å². The van der Waals surface area contributed by atoms with Crippen LogP contribution in [0.4, 0.5) is 15.8 Å². The summed E-state index contributed by atoms with van der Waals surface area (Å²) >= 11 is 0. The lowest BCUT2D eigenvalue weighted by Gasteiger charge is -2.22. The van der Waals surface area contributed by atoms with E-state index in [1.165, 1.54) is 17.8 Å². The van der Waals surface area contributed by atoms with Crippen LogP contribution in [0.2, 0.25) is 0 Å². The Morgan fingerprint density at radius 1 is 0.933 bits per heavy atom. The number of nitrogens with one attached hydrogen (secondary N) is 1. The molecular weight excluding hydrogens is 379 g/mol. The van der Waals surface area contributed by atoms with Crippen molar-refractivity contribution in [3.05, 3.63) is 59.9 Å². The van der Waals surface area contributed by atoms with Gasteiger partial charge in [-0.1, -0.05) is 12.1 Å². The summed E-state index contributed by atoms with van der Waals surface area (Å²) < 4.78 is 13.1. The fraction of sp³-hybridized carbons (Fsp3) is 0.458. The lowest BCUT2D eigenvalue weighted by Crippen LogP contribution is -2.36. The molecule has 0 unspecified atom stereocenters. The lowest BCUT2D eigenvalue weighted by molar-refractivity contribution is -0.117. The highest BCUT2D eigenvalue weighted by molar-refractivity contribution is 5.92. The van der Waals surface area contributed by atoms with Crippen LogP contribution in [0.3, 0.4) is 0 Å². The van der Waals surface area contributed by atoms with E-state index in [4.69, 9.17) is 0 Å². The molecule has 1 amide bonds. The maximum Gasteiger partial charge on any atom is 0.238 e. The quantitative estimate of drug-likeness (QED) is 0.716. The second-order valence-electron chi connectivity index (χ2n) is 7.80. The van der Waals surface area contributed by atoms with Gasteiger partial charge in [0.1, 0.15) is 5.82 Å². The number of halogens is 1. The van der Waals surface area contributed by atoms with Crippen molar-refractivity contribution in [1.82, 2.24) is 9.80 Å². The van der Waals surface area contributed by atoms with Crippen LogP contribution in [0.25, 0.3) is 0 Å². The highest BCUT2D eigenvalue weighted by Gasteiger charge is 2.17. The first kappa shape index (κ1) is 22.2. The summed E-state index contributed by atoms with van der Waals surface area (Å²) in [7, 11) is 0. The van der Waals surface area contributed by atoms with Crippen molar-refractivity contribution < 1.29 is 9.18 Å². The maximum atomic E-state index is 13.1. The second-order valence-corrected chi connectivity index (χ2v) is 7.80. The first-order chi connectivity index (χ1) is 14.6. The van der Waals surface area contributed by atoms with E-state index in [1.54, 1.807) is 0 Å². The van der Waals surface area contributed by atoms with Crippen LogP contribution in [-0.2, 0) is 11.3 Å². The predicted molar refractivity (Wildman–Crippen MR) is 121 cm³/mol. The van der Waals surface area contributed by atoms with Gasteiger partial charge in [0.05, 0.1) is 6.54 Å². The van der Waals surface area contributed by atoms with Gasteiger partial charge in [0.15, 0.2) is 0 Å². The molecule has 0 atom stereocenters. The first-order valence-corrected chi connectivity index (χ1v) is 10.9. The molecule has 0 spiro atoms. The molecule has 2 aromatic rings. The number of nitrogens with zero attached hydrogens (tertiary/aromatic N) is 3. The summed E-state index contributed by atoms with van der Waals surface area (Å²) in [5, 5.41) is 3.02. The smallest absolute Gasteiger partial charge is 0.238 e. The Hall–Kier alpha value is -2.44. The van der Waals surface area contributed by atoms with Gasteiger partial charge in [-0.15, -0.1) is 0 Å². The standard InChI is InChI=1S/C24H33FN4O/c1-3-29(4-2)23-12-10-22(11-13-23)26-24(30)19-28-15-5-14-27(16-17-28)18-20-6-8-21(25)9-7-20/h6-13H,3-5,14-19H2,1-2H3,(H,26,30). The van der Waals surface area contributed by atoms with Gasteiger partial charge in [0, 0.05) is 44.1 Å². The average Bonchev–Trinajstić information content (AvgIpc) is 2.97. The number of hydrogen-bond acceptors (Lipinski definition) is 4. The number of amides is 1. The van der Waals surface area contributed by atoms with E-state index in [1.807, 2.05) is 24.3 Å². The molecule has 5 nitrogen and oxygen atoms in total. The molecule has 162 valence electrons. The Morgan fingerprint density at radius 3 is 2.23 bits per heavy atom. The normalized spacial score (nSPS) is 15.6. The summed E-state index contributed by atoms with van der Waals surface area (Å²) in [4.78, 5) is 19.4. The van der Waals surface area contributed by atoms with Gasteiger partial charge < -0.3 is 10.2 Å². The lowest BCUT2D eigenvalue weighted by atomic mass is 10.2. The minimum atomic E-state index is -0.200. The molecule has 1 saturated heterocycles. The Balaban J connectivity index is 1.45. The Morgan fingerprint density at radius 2 is 1.57 bits per heavy atom. The third-order valence-corrected chi connectivity index (χ3v) is 5.65. The minimum absolute atomic E-state index is 0.0255. The molecular formula is C24H33FN4O. The first-order valence-electron chi connectivity index (χ1n) is 10.9. The molecule has 0 bridgehead atoms. The largest absolute Gasteiger partial charge is 0.372 e. The van der Waals surface area contributed by atoms with Crippen molar-refractivity contribution in [3.63, 3.8) is 0 Å². The van der Waals surface area contributed by atoms with Gasteiger partial charge in [-0.3, -0.25) is 14.6 Å². The fourth-order valence-electron chi connectivity index (χ4n) is 3.94. The van der Waals surface area contributed by atoms with Gasteiger partial charge in [0.25, 0.3) is 0 Å². The van der Waals surface area contributed by atoms with Gasteiger partial charge in [-0.25, -0.2) is 4.39 Å². The van der Waals surface area contributed by atoms with Crippen molar-refractivity contribution in [3.8, 4) is 0 Å². The van der Waals surface area contributed by atoms with E-state index in [9.17, 15) is 9.18 Å². The van der Waals surface area contributed by atoms with Crippen molar-refractivity contribution in [2.75, 3.05) is 56.0 Å². The molecule has 0 aromatic heterocycles. The van der Waals surface area contributed by atoms with Crippen LogP contribution in [0.1, 0.15) is 25.8 Å². The number of anilines is 2. The van der Waals surface area contributed by atoms with E-state index < -0.39 is 0 Å². The fourth-order valence-corrected chi connectivity index (χ4v) is 3.94. The van der Waals surface area contributed by atoms with Crippen LogP contribution < -0.4 is 10.2 Å². The summed E-state index contributed by atoms with van der Waals surface area (Å²) in [6.45, 7) is 11.1. The monoisotopic (exact) mass is 412 g/mol. The van der Waals surface area contributed by atoms with Crippen LogP contribution in [0, 0.1) is 5.82 Å². The Kier molecular flexibility index (Phi) is 8.22. The van der Waals surface area contributed by atoms with E-state index in [0.29, 0.717) is 6.54 Å². The molecule has 0 aliphatic carbocycles. The summed E-state index contributed by atoms with van der Waals surface area (Å²) in [5.41, 5.74) is 3.13. The van der Waals surface area contributed by atoms with E-state index in [-0.39, 0.29) is 11.7 Å². The van der Waals surface area contributed by atoms with Crippen LogP contribution >= 0.6 is 0 Å². The highest BCUT2D eigenvalue weighted by Crippen LogP contribution is 2.18. The number of rotatable bonds is 8. The summed E-state index contributed by atoms with van der Waals surface area (Å²) in [6, 6.07) is 14.8. The maximum absolute atomic E-state index is 13.1. The zero-order valence-corrected chi connectivity index (χ0v) is 18.1. The van der Waals surface area contributed by atoms with Crippen molar-refractivity contribution >= 4 is 17.3 Å². The minimum Gasteiger partial charge on any atom is -0.372 e. The second kappa shape index (κ2) is 11.1. The van der Waals surface area contributed by atoms with E-state index >= 15 is 0 Å². The molecule has 1 heterocycles. The van der Waals surface area contributed by atoms with Gasteiger partial charge >= 0.3 is 0 Å². The van der Waals surface area contributed by atoms with Gasteiger partial charge in [-0.2, -0.15) is 0 Å².